The second-order valence-corrected chi connectivity index (χ2v) is 10.2. The minimum absolute atomic E-state index is 0.241. The van der Waals surface area contributed by atoms with Gasteiger partial charge in [-0.1, -0.05) is 18.2 Å². The molecular formula is C27H32N4O3S. The number of nitrogens with zero attached hydrogens (tertiary/aromatic N) is 2. The van der Waals surface area contributed by atoms with Crippen LogP contribution in [0.1, 0.15) is 39.2 Å². The summed E-state index contributed by atoms with van der Waals surface area (Å²) in [5, 5.41) is 17.7. The van der Waals surface area contributed by atoms with Crippen molar-refractivity contribution in [3.8, 4) is 0 Å². The van der Waals surface area contributed by atoms with Gasteiger partial charge >= 0.3 is 5.97 Å². The van der Waals surface area contributed by atoms with Crippen LogP contribution in [-0.2, 0) is 11.2 Å². The summed E-state index contributed by atoms with van der Waals surface area (Å²) in [4.78, 5) is 32.1. The Kier molecular flexibility index (Phi) is 8.02. The van der Waals surface area contributed by atoms with E-state index in [2.05, 4.69) is 32.7 Å². The van der Waals surface area contributed by atoms with Crippen LogP contribution in [0, 0.1) is 19.8 Å². The number of benzene rings is 1. The molecule has 3 heterocycles. The molecule has 4 rings (SSSR count). The number of nitrogens with one attached hydrogen (secondary N) is 2. The molecular weight excluding hydrogens is 460 g/mol. The number of hydrogen-bond acceptors (Lipinski definition) is 6. The van der Waals surface area contributed by atoms with Gasteiger partial charge in [-0.05, 0) is 73.4 Å². The van der Waals surface area contributed by atoms with E-state index in [4.69, 9.17) is 0 Å². The van der Waals surface area contributed by atoms with E-state index < -0.39 is 12.0 Å². The molecule has 7 nitrogen and oxygen atoms in total. The zero-order valence-electron chi connectivity index (χ0n) is 20.2. The number of carboxylic acid groups (broad SMARTS) is 1. The minimum Gasteiger partial charge on any atom is -0.480 e. The molecule has 2 aromatic heterocycles. The van der Waals surface area contributed by atoms with Gasteiger partial charge in [0.15, 0.2) is 0 Å². The summed E-state index contributed by atoms with van der Waals surface area (Å²) >= 11 is 1.50. The zero-order valence-corrected chi connectivity index (χ0v) is 21.0. The summed E-state index contributed by atoms with van der Waals surface area (Å²) in [5.74, 6) is 0.171. The van der Waals surface area contributed by atoms with E-state index in [0.717, 1.165) is 60.0 Å². The van der Waals surface area contributed by atoms with E-state index in [-0.39, 0.29) is 12.3 Å². The largest absolute Gasteiger partial charge is 0.480 e. The van der Waals surface area contributed by atoms with Crippen molar-refractivity contribution in [2.45, 2.75) is 39.2 Å². The van der Waals surface area contributed by atoms with Crippen LogP contribution in [-0.4, -0.2) is 47.6 Å². The number of aromatic nitrogens is 1. The molecule has 35 heavy (non-hydrogen) atoms. The number of carbonyl (C=O) groups is 2. The molecule has 0 spiro atoms. The third-order valence-corrected chi connectivity index (χ3v) is 7.61. The number of carbonyl (C=O) groups excluding carboxylic acids is 1. The molecule has 0 radical (unpaired) electrons. The monoisotopic (exact) mass is 492 g/mol. The fraction of sp³-hybridized carbons (Fsp3) is 0.370. The van der Waals surface area contributed by atoms with Gasteiger partial charge in [-0.2, -0.15) is 0 Å². The minimum atomic E-state index is -1.03. The number of pyridine rings is 1. The number of amides is 1. The lowest BCUT2D eigenvalue weighted by Crippen LogP contribution is -2.42. The van der Waals surface area contributed by atoms with E-state index in [0.29, 0.717) is 11.5 Å². The Balaban J connectivity index is 1.29. The summed E-state index contributed by atoms with van der Waals surface area (Å²) in [7, 11) is 0. The first-order valence-corrected chi connectivity index (χ1v) is 12.9. The SMILES string of the molecule is Cc1csc(C)c1C(=O)N[C@@H](Cc1ccc(N2CCC(CNc3ccccn3)CC2)cc1)C(=O)O. The maximum atomic E-state index is 12.7. The Bertz CT molecular complexity index is 1120. The van der Waals surface area contributed by atoms with Crippen molar-refractivity contribution in [1.29, 1.82) is 0 Å². The third kappa shape index (κ3) is 6.39. The molecule has 0 saturated carbocycles. The van der Waals surface area contributed by atoms with Gasteiger partial charge in [-0.15, -0.1) is 11.3 Å². The van der Waals surface area contributed by atoms with E-state index in [1.54, 1.807) is 6.20 Å². The second kappa shape index (κ2) is 11.4. The van der Waals surface area contributed by atoms with Gasteiger partial charge in [-0.3, -0.25) is 4.79 Å². The third-order valence-electron chi connectivity index (χ3n) is 6.58. The summed E-state index contributed by atoms with van der Waals surface area (Å²) in [5.41, 5.74) is 3.48. The van der Waals surface area contributed by atoms with Crippen molar-refractivity contribution in [1.82, 2.24) is 10.3 Å². The van der Waals surface area contributed by atoms with Gasteiger partial charge in [0.1, 0.15) is 11.9 Å². The van der Waals surface area contributed by atoms with Gasteiger partial charge in [0.05, 0.1) is 5.56 Å². The van der Waals surface area contributed by atoms with Crippen LogP contribution in [0.5, 0.6) is 0 Å². The van der Waals surface area contributed by atoms with Crippen molar-refractivity contribution >= 4 is 34.7 Å². The summed E-state index contributed by atoms with van der Waals surface area (Å²) in [6, 6.07) is 12.9. The van der Waals surface area contributed by atoms with Crippen molar-refractivity contribution in [3.05, 3.63) is 75.6 Å². The smallest absolute Gasteiger partial charge is 0.326 e. The summed E-state index contributed by atoms with van der Waals surface area (Å²) in [6.07, 6.45) is 4.25. The number of hydrogen-bond donors (Lipinski definition) is 3. The normalized spacial score (nSPS) is 15.0. The zero-order chi connectivity index (χ0) is 24.8. The highest BCUT2D eigenvalue weighted by Gasteiger charge is 2.24. The molecule has 184 valence electrons. The highest BCUT2D eigenvalue weighted by molar-refractivity contribution is 7.10. The first-order valence-electron chi connectivity index (χ1n) is 12.0. The maximum absolute atomic E-state index is 12.7. The topological polar surface area (TPSA) is 94.6 Å². The predicted octanol–water partition coefficient (Wildman–Crippen LogP) is 4.51. The summed E-state index contributed by atoms with van der Waals surface area (Å²) in [6.45, 7) is 6.65. The van der Waals surface area contributed by atoms with E-state index in [1.807, 2.05) is 49.6 Å². The van der Waals surface area contributed by atoms with E-state index in [9.17, 15) is 14.7 Å². The lowest BCUT2D eigenvalue weighted by Gasteiger charge is -2.34. The molecule has 1 saturated heterocycles. The number of anilines is 2. The molecule has 0 unspecified atom stereocenters. The predicted molar refractivity (Wildman–Crippen MR) is 140 cm³/mol. The van der Waals surface area contributed by atoms with Crippen LogP contribution >= 0.6 is 11.3 Å². The highest BCUT2D eigenvalue weighted by atomic mass is 32.1. The molecule has 8 heteroatoms. The molecule has 1 aliphatic heterocycles. The van der Waals surface area contributed by atoms with Crippen molar-refractivity contribution in [2.75, 3.05) is 29.9 Å². The van der Waals surface area contributed by atoms with E-state index in [1.165, 1.54) is 11.3 Å². The first-order chi connectivity index (χ1) is 16.9. The average molecular weight is 493 g/mol. The Labute approximate surface area is 210 Å². The number of aliphatic carboxylic acids is 1. The van der Waals surface area contributed by atoms with Crippen LogP contribution in [0.25, 0.3) is 0 Å². The molecule has 3 N–H and O–H groups in total. The lowest BCUT2D eigenvalue weighted by atomic mass is 9.96. The molecule has 1 atom stereocenters. The second-order valence-electron chi connectivity index (χ2n) is 9.11. The van der Waals surface area contributed by atoms with Crippen molar-refractivity contribution < 1.29 is 14.7 Å². The highest BCUT2D eigenvalue weighted by Crippen LogP contribution is 2.25. The Morgan fingerprint density at radius 3 is 2.49 bits per heavy atom. The number of piperidine rings is 1. The standard InChI is InChI=1S/C27H32N4O3S/c1-18-17-35-19(2)25(18)26(32)30-23(27(33)34)15-20-6-8-22(9-7-20)31-13-10-21(11-14-31)16-29-24-5-3-4-12-28-24/h3-9,12,17,21,23H,10-11,13-16H2,1-2H3,(H,28,29)(H,30,32)(H,33,34)/t23-/m0/s1. The Morgan fingerprint density at radius 1 is 1.14 bits per heavy atom. The van der Waals surface area contributed by atoms with E-state index >= 15 is 0 Å². The van der Waals surface area contributed by atoms with Crippen molar-refractivity contribution in [2.24, 2.45) is 5.92 Å². The van der Waals surface area contributed by atoms with Crippen LogP contribution in [0.2, 0.25) is 0 Å². The molecule has 1 amide bonds. The maximum Gasteiger partial charge on any atom is 0.326 e. The Hall–Kier alpha value is -3.39. The Morgan fingerprint density at radius 2 is 1.89 bits per heavy atom. The quantitative estimate of drug-likeness (QED) is 0.407. The number of rotatable bonds is 9. The first kappa shape index (κ1) is 24.7. The summed E-state index contributed by atoms with van der Waals surface area (Å²) < 4.78 is 0. The molecule has 3 aromatic rings. The molecule has 1 fully saturated rings. The van der Waals surface area contributed by atoms with Crippen LogP contribution < -0.4 is 15.5 Å². The van der Waals surface area contributed by atoms with Gasteiger partial charge in [0.25, 0.3) is 5.91 Å². The van der Waals surface area contributed by atoms with Crippen LogP contribution in [0.3, 0.4) is 0 Å². The van der Waals surface area contributed by atoms with Crippen LogP contribution in [0.15, 0.2) is 54.0 Å². The fourth-order valence-corrected chi connectivity index (χ4v) is 5.37. The number of thiophene rings is 1. The van der Waals surface area contributed by atoms with Crippen molar-refractivity contribution in [3.63, 3.8) is 0 Å². The van der Waals surface area contributed by atoms with Crippen LogP contribution in [0.4, 0.5) is 11.5 Å². The van der Waals surface area contributed by atoms with Gasteiger partial charge in [0.2, 0.25) is 0 Å². The number of aryl methyl sites for hydroxylation is 2. The van der Waals surface area contributed by atoms with Gasteiger partial charge < -0.3 is 20.6 Å². The molecule has 0 bridgehead atoms. The molecule has 0 aliphatic carbocycles. The average Bonchev–Trinajstić information content (AvgIpc) is 3.21. The lowest BCUT2D eigenvalue weighted by molar-refractivity contribution is -0.139. The number of carboxylic acids is 1. The fourth-order valence-electron chi connectivity index (χ4n) is 4.53. The van der Waals surface area contributed by atoms with Gasteiger partial charge in [0, 0.05) is 42.8 Å². The molecule has 1 aromatic carbocycles. The van der Waals surface area contributed by atoms with Gasteiger partial charge in [-0.25, -0.2) is 9.78 Å². The molecule has 1 aliphatic rings.